The molecule has 1 aromatic carbocycles. The first-order chi connectivity index (χ1) is 11.0. The fourth-order valence-corrected chi connectivity index (χ4v) is 3.41. The number of nitrogens with zero attached hydrogens (tertiary/aromatic N) is 2. The highest BCUT2D eigenvalue weighted by atomic mass is 35.5. The molecule has 0 N–H and O–H groups in total. The number of thioether (sulfide) groups is 1. The molecular weight excluding hydrogens is 332 g/mol. The minimum atomic E-state index is -0.0764. The first-order valence-corrected chi connectivity index (χ1v) is 8.20. The molecule has 1 aliphatic heterocycles. The quantitative estimate of drug-likeness (QED) is 0.755. The van der Waals surface area contributed by atoms with Crippen LogP contribution in [0.15, 0.2) is 44.6 Å². The van der Waals surface area contributed by atoms with Gasteiger partial charge >= 0.3 is 0 Å². The zero-order chi connectivity index (χ0) is 16.6. The van der Waals surface area contributed by atoms with E-state index in [2.05, 4.69) is 4.99 Å². The second-order valence-electron chi connectivity index (χ2n) is 5.10. The second kappa shape index (κ2) is 6.26. The smallest absolute Gasteiger partial charge is 0.266 e. The van der Waals surface area contributed by atoms with E-state index >= 15 is 0 Å². The Balaban J connectivity index is 1.93. The Morgan fingerprint density at radius 3 is 2.78 bits per heavy atom. The average molecular weight is 347 g/mol. The summed E-state index contributed by atoms with van der Waals surface area (Å²) >= 11 is 7.49. The Morgan fingerprint density at radius 1 is 1.30 bits per heavy atom. The number of likely N-dealkylation sites (N-methyl/N-ethyl adjacent to an activating group) is 1. The van der Waals surface area contributed by atoms with Crippen LogP contribution in [0.5, 0.6) is 0 Å². The molecule has 0 unspecified atom stereocenters. The third kappa shape index (κ3) is 2.94. The van der Waals surface area contributed by atoms with E-state index in [1.54, 1.807) is 20.2 Å². The number of aliphatic imine (C=N–C) groups is 1. The first-order valence-electron chi connectivity index (χ1n) is 7.01. The van der Waals surface area contributed by atoms with Crippen molar-refractivity contribution in [1.82, 2.24) is 4.90 Å². The highest BCUT2D eigenvalue weighted by Crippen LogP contribution is 2.34. The molecule has 0 saturated carbocycles. The summed E-state index contributed by atoms with van der Waals surface area (Å²) in [6.07, 6.45) is 1.74. The molecule has 2 aromatic rings. The van der Waals surface area contributed by atoms with Gasteiger partial charge in [-0.2, -0.15) is 0 Å². The van der Waals surface area contributed by atoms with Crippen LogP contribution in [0.3, 0.4) is 0 Å². The van der Waals surface area contributed by atoms with Crippen molar-refractivity contribution in [2.24, 2.45) is 4.99 Å². The van der Waals surface area contributed by atoms with Gasteiger partial charge in [0.05, 0.1) is 4.91 Å². The van der Waals surface area contributed by atoms with Crippen molar-refractivity contribution in [2.75, 3.05) is 14.1 Å². The van der Waals surface area contributed by atoms with E-state index in [0.717, 1.165) is 16.9 Å². The van der Waals surface area contributed by atoms with Crippen molar-refractivity contribution in [2.45, 2.75) is 6.92 Å². The summed E-state index contributed by atoms with van der Waals surface area (Å²) in [4.78, 5) is 18.4. The van der Waals surface area contributed by atoms with Crippen LogP contribution in [0.2, 0.25) is 5.02 Å². The molecule has 1 saturated heterocycles. The SMILES string of the molecule is CN=C1SC(=Cc2ccc(-c3cccc(Cl)c3C)o2)C(=O)N1C. The summed E-state index contributed by atoms with van der Waals surface area (Å²) in [6.45, 7) is 1.95. The minimum Gasteiger partial charge on any atom is -0.457 e. The van der Waals surface area contributed by atoms with Gasteiger partial charge in [0.25, 0.3) is 5.91 Å². The lowest BCUT2D eigenvalue weighted by Crippen LogP contribution is -2.23. The number of furan rings is 1. The summed E-state index contributed by atoms with van der Waals surface area (Å²) in [6, 6.07) is 9.43. The third-order valence-corrected chi connectivity index (χ3v) is 5.19. The number of benzene rings is 1. The van der Waals surface area contributed by atoms with Gasteiger partial charge in [0.2, 0.25) is 0 Å². The number of carbonyl (C=O) groups is 1. The summed E-state index contributed by atoms with van der Waals surface area (Å²) in [5.74, 6) is 1.28. The number of rotatable bonds is 2. The standard InChI is InChI=1S/C17H15ClN2O2S/c1-10-12(5-4-6-13(10)18)14-8-7-11(22-14)9-15-16(21)20(3)17(19-2)23-15/h4-9H,1-3H3. The maximum absolute atomic E-state index is 12.2. The number of hydrogen-bond donors (Lipinski definition) is 0. The average Bonchev–Trinajstić information content (AvgIpc) is 3.10. The van der Waals surface area contributed by atoms with Crippen molar-refractivity contribution in [1.29, 1.82) is 0 Å². The van der Waals surface area contributed by atoms with E-state index in [-0.39, 0.29) is 5.91 Å². The molecule has 0 bridgehead atoms. The predicted octanol–water partition coefficient (Wildman–Crippen LogP) is 4.44. The summed E-state index contributed by atoms with van der Waals surface area (Å²) < 4.78 is 5.86. The van der Waals surface area contributed by atoms with E-state index in [1.807, 2.05) is 37.3 Å². The molecule has 1 aliphatic rings. The van der Waals surface area contributed by atoms with E-state index in [0.29, 0.717) is 20.9 Å². The summed E-state index contributed by atoms with van der Waals surface area (Å²) in [5.41, 5.74) is 1.91. The normalized spacial score (nSPS) is 18.4. The minimum absolute atomic E-state index is 0.0764. The van der Waals surface area contributed by atoms with Gasteiger partial charge in [0.15, 0.2) is 5.17 Å². The molecule has 23 heavy (non-hydrogen) atoms. The van der Waals surface area contributed by atoms with E-state index in [9.17, 15) is 4.79 Å². The Kier molecular flexibility index (Phi) is 4.33. The maximum Gasteiger partial charge on any atom is 0.266 e. The Bertz CT molecular complexity index is 839. The van der Waals surface area contributed by atoms with Crippen LogP contribution in [0, 0.1) is 6.92 Å². The molecule has 1 aromatic heterocycles. The van der Waals surface area contributed by atoms with Crippen LogP contribution in [0.4, 0.5) is 0 Å². The van der Waals surface area contributed by atoms with Gasteiger partial charge in [-0.3, -0.25) is 14.7 Å². The predicted molar refractivity (Wildman–Crippen MR) is 95.6 cm³/mol. The van der Waals surface area contributed by atoms with Gasteiger partial charge in [-0.1, -0.05) is 23.7 Å². The lowest BCUT2D eigenvalue weighted by molar-refractivity contribution is -0.121. The molecule has 4 nitrogen and oxygen atoms in total. The van der Waals surface area contributed by atoms with Gasteiger partial charge in [-0.25, -0.2) is 0 Å². The topological polar surface area (TPSA) is 45.8 Å². The fourth-order valence-electron chi connectivity index (χ4n) is 2.33. The zero-order valence-corrected chi connectivity index (χ0v) is 14.5. The summed E-state index contributed by atoms with van der Waals surface area (Å²) in [5, 5.41) is 1.38. The molecule has 0 spiro atoms. The van der Waals surface area contributed by atoms with Crippen molar-refractivity contribution < 1.29 is 9.21 Å². The fraction of sp³-hybridized carbons (Fsp3) is 0.176. The maximum atomic E-state index is 12.2. The molecular formula is C17H15ClN2O2S. The molecule has 0 atom stereocenters. The lowest BCUT2D eigenvalue weighted by atomic mass is 10.1. The van der Waals surface area contributed by atoms with E-state index in [4.69, 9.17) is 16.0 Å². The van der Waals surface area contributed by atoms with Crippen LogP contribution in [-0.2, 0) is 4.79 Å². The molecule has 0 aliphatic carbocycles. The molecule has 118 valence electrons. The Labute approximate surface area is 143 Å². The molecule has 2 heterocycles. The van der Waals surface area contributed by atoms with Crippen LogP contribution in [0.25, 0.3) is 17.4 Å². The first kappa shape index (κ1) is 15.9. The Morgan fingerprint density at radius 2 is 2.09 bits per heavy atom. The molecule has 1 amide bonds. The van der Waals surface area contributed by atoms with Gasteiger partial charge in [-0.15, -0.1) is 0 Å². The number of halogens is 1. The van der Waals surface area contributed by atoms with Gasteiger partial charge in [0.1, 0.15) is 11.5 Å². The van der Waals surface area contributed by atoms with Crippen molar-refractivity contribution in [3.63, 3.8) is 0 Å². The number of amides is 1. The monoisotopic (exact) mass is 346 g/mol. The van der Waals surface area contributed by atoms with Crippen molar-refractivity contribution in [3.8, 4) is 11.3 Å². The van der Waals surface area contributed by atoms with E-state index < -0.39 is 0 Å². The number of hydrogen-bond acceptors (Lipinski definition) is 4. The van der Waals surface area contributed by atoms with E-state index in [1.165, 1.54) is 16.7 Å². The molecule has 1 fully saturated rings. The van der Waals surface area contributed by atoms with Crippen LogP contribution in [-0.4, -0.2) is 30.1 Å². The number of amidine groups is 1. The van der Waals surface area contributed by atoms with Gasteiger partial charge < -0.3 is 4.42 Å². The van der Waals surface area contributed by atoms with Crippen LogP contribution in [0.1, 0.15) is 11.3 Å². The highest BCUT2D eigenvalue weighted by Gasteiger charge is 2.30. The van der Waals surface area contributed by atoms with Gasteiger partial charge in [0, 0.05) is 30.8 Å². The summed E-state index contributed by atoms with van der Waals surface area (Å²) in [7, 11) is 3.38. The molecule has 3 rings (SSSR count). The Hall–Kier alpha value is -1.98. The van der Waals surface area contributed by atoms with Gasteiger partial charge in [-0.05, 0) is 42.4 Å². The highest BCUT2D eigenvalue weighted by molar-refractivity contribution is 8.18. The van der Waals surface area contributed by atoms with Crippen molar-refractivity contribution >= 4 is 40.5 Å². The molecule has 6 heteroatoms. The van der Waals surface area contributed by atoms with Crippen LogP contribution < -0.4 is 0 Å². The zero-order valence-electron chi connectivity index (χ0n) is 13.0. The lowest BCUT2D eigenvalue weighted by Gasteiger charge is -2.05. The number of carbonyl (C=O) groups excluding carboxylic acids is 1. The third-order valence-electron chi connectivity index (χ3n) is 3.63. The van der Waals surface area contributed by atoms with Crippen molar-refractivity contribution in [3.05, 3.63) is 51.6 Å². The second-order valence-corrected chi connectivity index (χ2v) is 6.51. The largest absolute Gasteiger partial charge is 0.457 e. The molecule has 0 radical (unpaired) electrons. The van der Waals surface area contributed by atoms with Crippen LogP contribution >= 0.6 is 23.4 Å².